The second-order valence-electron chi connectivity index (χ2n) is 4.12. The van der Waals surface area contributed by atoms with Crippen LogP contribution in [-0.4, -0.2) is 16.3 Å². The lowest BCUT2D eigenvalue weighted by molar-refractivity contribution is 0.273. The van der Waals surface area contributed by atoms with Crippen molar-refractivity contribution in [3.63, 3.8) is 0 Å². The van der Waals surface area contributed by atoms with Crippen molar-refractivity contribution in [1.29, 1.82) is 0 Å². The quantitative estimate of drug-likeness (QED) is 0.847. The molecule has 2 aromatic rings. The normalized spacial score (nSPS) is 13.2. The molecule has 1 atom stereocenters. The molecule has 0 radical (unpaired) electrons. The van der Waals surface area contributed by atoms with Gasteiger partial charge < -0.3 is 9.67 Å². The van der Waals surface area contributed by atoms with Gasteiger partial charge in [0.2, 0.25) is 0 Å². The molecule has 2 nitrogen and oxygen atoms in total. The maximum atomic E-state index is 13.2. The van der Waals surface area contributed by atoms with Crippen LogP contribution in [0.5, 0.6) is 0 Å². The number of aliphatic hydroxyl groups is 1. The van der Waals surface area contributed by atoms with Gasteiger partial charge in [0, 0.05) is 36.2 Å². The van der Waals surface area contributed by atoms with Crippen LogP contribution in [0.25, 0.3) is 10.9 Å². The molecule has 0 spiro atoms. The molecule has 1 heterocycles. The van der Waals surface area contributed by atoms with Gasteiger partial charge in [-0.25, -0.2) is 4.39 Å². The number of rotatable bonds is 3. The highest BCUT2D eigenvalue weighted by Crippen LogP contribution is 2.28. The largest absolute Gasteiger partial charge is 0.396 e. The van der Waals surface area contributed by atoms with E-state index in [1.54, 1.807) is 12.1 Å². The summed E-state index contributed by atoms with van der Waals surface area (Å²) in [6, 6.07) is 4.81. The Kier molecular flexibility index (Phi) is 2.97. The zero-order valence-electron chi connectivity index (χ0n) is 9.57. The fraction of sp³-hybridized carbons (Fsp3) is 0.385. The molecule has 0 fully saturated rings. The number of aromatic nitrogens is 1. The van der Waals surface area contributed by atoms with E-state index < -0.39 is 0 Å². The van der Waals surface area contributed by atoms with Crippen molar-refractivity contribution in [2.45, 2.75) is 26.3 Å². The maximum Gasteiger partial charge on any atom is 0.123 e. The van der Waals surface area contributed by atoms with Gasteiger partial charge in [-0.1, -0.05) is 6.92 Å². The van der Waals surface area contributed by atoms with Gasteiger partial charge in [0.25, 0.3) is 0 Å². The summed E-state index contributed by atoms with van der Waals surface area (Å²) in [6.07, 6.45) is 2.00. The SMILES string of the molecule is CCn1cc(C(C)CO)c2cc(F)ccc21. The summed E-state index contributed by atoms with van der Waals surface area (Å²) in [5, 5.41) is 10.1. The zero-order chi connectivity index (χ0) is 11.7. The summed E-state index contributed by atoms with van der Waals surface area (Å²) in [7, 11) is 0. The summed E-state index contributed by atoms with van der Waals surface area (Å²) < 4.78 is 15.3. The van der Waals surface area contributed by atoms with E-state index in [0.717, 1.165) is 23.0 Å². The first-order valence-electron chi connectivity index (χ1n) is 5.56. The lowest BCUT2D eigenvalue weighted by Crippen LogP contribution is -1.97. The molecule has 0 saturated carbocycles. The smallest absolute Gasteiger partial charge is 0.123 e. The van der Waals surface area contributed by atoms with Crippen molar-refractivity contribution in [2.75, 3.05) is 6.61 Å². The Hall–Kier alpha value is -1.35. The van der Waals surface area contributed by atoms with Crippen LogP contribution in [-0.2, 0) is 6.54 Å². The van der Waals surface area contributed by atoms with Gasteiger partial charge in [-0.05, 0) is 30.7 Å². The third-order valence-electron chi connectivity index (χ3n) is 3.02. The highest BCUT2D eigenvalue weighted by molar-refractivity contribution is 5.84. The van der Waals surface area contributed by atoms with E-state index in [-0.39, 0.29) is 18.3 Å². The highest BCUT2D eigenvalue weighted by Gasteiger charge is 2.13. The second kappa shape index (κ2) is 4.26. The minimum Gasteiger partial charge on any atom is -0.396 e. The summed E-state index contributed by atoms with van der Waals surface area (Å²) in [4.78, 5) is 0. The van der Waals surface area contributed by atoms with Crippen LogP contribution in [0.1, 0.15) is 25.3 Å². The second-order valence-corrected chi connectivity index (χ2v) is 4.12. The van der Waals surface area contributed by atoms with Crippen molar-refractivity contribution >= 4 is 10.9 Å². The zero-order valence-corrected chi connectivity index (χ0v) is 9.57. The highest BCUT2D eigenvalue weighted by atomic mass is 19.1. The third-order valence-corrected chi connectivity index (χ3v) is 3.02. The summed E-state index contributed by atoms with van der Waals surface area (Å²) >= 11 is 0. The fourth-order valence-electron chi connectivity index (χ4n) is 2.05. The molecule has 0 bridgehead atoms. The molecule has 1 unspecified atom stereocenters. The van der Waals surface area contributed by atoms with E-state index in [2.05, 4.69) is 11.5 Å². The van der Waals surface area contributed by atoms with Gasteiger partial charge in [-0.15, -0.1) is 0 Å². The third kappa shape index (κ3) is 1.71. The van der Waals surface area contributed by atoms with Crippen LogP contribution in [0, 0.1) is 5.82 Å². The van der Waals surface area contributed by atoms with E-state index in [9.17, 15) is 9.50 Å². The number of halogens is 1. The first-order chi connectivity index (χ1) is 7.67. The Balaban J connectivity index is 2.68. The van der Waals surface area contributed by atoms with Gasteiger partial charge in [0.1, 0.15) is 5.82 Å². The molecule has 1 N–H and O–H groups in total. The Labute approximate surface area is 94.3 Å². The number of benzene rings is 1. The number of nitrogens with zero attached hydrogens (tertiary/aromatic N) is 1. The molecule has 16 heavy (non-hydrogen) atoms. The van der Waals surface area contributed by atoms with Crippen LogP contribution in [0.4, 0.5) is 4.39 Å². The summed E-state index contributed by atoms with van der Waals surface area (Å²) in [5.41, 5.74) is 2.04. The maximum absolute atomic E-state index is 13.2. The minimum atomic E-state index is -0.229. The van der Waals surface area contributed by atoms with Gasteiger partial charge >= 0.3 is 0 Å². The monoisotopic (exact) mass is 221 g/mol. The lowest BCUT2D eigenvalue weighted by Gasteiger charge is -2.05. The van der Waals surface area contributed by atoms with Crippen molar-refractivity contribution < 1.29 is 9.50 Å². The van der Waals surface area contributed by atoms with E-state index >= 15 is 0 Å². The average molecular weight is 221 g/mol. The number of aryl methyl sites for hydroxylation is 1. The molecule has 1 aromatic carbocycles. The van der Waals surface area contributed by atoms with Crippen molar-refractivity contribution in [3.8, 4) is 0 Å². The topological polar surface area (TPSA) is 25.2 Å². The van der Waals surface area contributed by atoms with E-state index in [1.807, 2.05) is 13.1 Å². The van der Waals surface area contributed by atoms with Crippen LogP contribution < -0.4 is 0 Å². The van der Waals surface area contributed by atoms with Crippen molar-refractivity contribution in [1.82, 2.24) is 4.57 Å². The lowest BCUT2D eigenvalue weighted by atomic mass is 10.0. The molecular weight excluding hydrogens is 205 g/mol. The van der Waals surface area contributed by atoms with E-state index in [1.165, 1.54) is 6.07 Å². The van der Waals surface area contributed by atoms with Crippen LogP contribution in [0.2, 0.25) is 0 Å². The van der Waals surface area contributed by atoms with Gasteiger partial charge in [0.15, 0.2) is 0 Å². The first-order valence-corrected chi connectivity index (χ1v) is 5.56. The Morgan fingerprint density at radius 3 is 2.81 bits per heavy atom. The van der Waals surface area contributed by atoms with Crippen LogP contribution in [0.15, 0.2) is 24.4 Å². The fourth-order valence-corrected chi connectivity index (χ4v) is 2.05. The van der Waals surface area contributed by atoms with Crippen LogP contribution >= 0.6 is 0 Å². The van der Waals surface area contributed by atoms with Crippen molar-refractivity contribution in [3.05, 3.63) is 35.8 Å². The molecule has 0 aliphatic rings. The first kappa shape index (κ1) is 11.1. The predicted molar refractivity (Wildman–Crippen MR) is 63.1 cm³/mol. The molecule has 0 aliphatic carbocycles. The van der Waals surface area contributed by atoms with Crippen molar-refractivity contribution in [2.24, 2.45) is 0 Å². The number of hydrogen-bond acceptors (Lipinski definition) is 1. The number of hydrogen-bond donors (Lipinski definition) is 1. The Bertz CT molecular complexity index is 504. The minimum absolute atomic E-state index is 0.0390. The molecule has 0 saturated heterocycles. The summed E-state index contributed by atoms with van der Waals surface area (Å²) in [6.45, 7) is 4.93. The summed E-state index contributed by atoms with van der Waals surface area (Å²) in [5.74, 6) is -0.190. The molecule has 3 heteroatoms. The number of aliphatic hydroxyl groups excluding tert-OH is 1. The molecule has 86 valence electrons. The van der Waals surface area contributed by atoms with Gasteiger partial charge in [-0.2, -0.15) is 0 Å². The molecular formula is C13H16FNO. The molecule has 0 aliphatic heterocycles. The van der Waals surface area contributed by atoms with Gasteiger partial charge in [-0.3, -0.25) is 0 Å². The Morgan fingerprint density at radius 2 is 2.19 bits per heavy atom. The average Bonchev–Trinajstić information content (AvgIpc) is 2.66. The number of fused-ring (bicyclic) bond motifs is 1. The molecule has 0 amide bonds. The van der Waals surface area contributed by atoms with Crippen LogP contribution in [0.3, 0.4) is 0 Å². The predicted octanol–water partition coefficient (Wildman–Crippen LogP) is 2.90. The molecule has 2 rings (SSSR count). The van der Waals surface area contributed by atoms with Gasteiger partial charge in [0.05, 0.1) is 0 Å². The Morgan fingerprint density at radius 1 is 1.44 bits per heavy atom. The molecule has 1 aromatic heterocycles. The van der Waals surface area contributed by atoms with E-state index in [0.29, 0.717) is 0 Å². The standard InChI is InChI=1S/C13H16FNO/c1-3-15-7-12(9(2)8-16)11-6-10(14)4-5-13(11)15/h4-7,9,16H,3,8H2,1-2H3. The van der Waals surface area contributed by atoms with E-state index in [4.69, 9.17) is 0 Å².